The smallest absolute Gasteiger partial charge is 0.0771 e. The Morgan fingerprint density at radius 3 is 1.20 bits per heavy atom. The third kappa shape index (κ3) is 3.16. The first-order valence-corrected chi connectivity index (χ1v) is 6.82. The lowest BCUT2D eigenvalue weighted by molar-refractivity contribution is 0.241. The van der Waals surface area contributed by atoms with Crippen LogP contribution in [0.5, 0.6) is 0 Å². The molecule has 0 aromatic heterocycles. The molecule has 0 heterocycles. The van der Waals surface area contributed by atoms with E-state index >= 15 is 0 Å². The Balaban J connectivity index is 2.67. The Hall–Kier alpha value is -1.90. The number of benzene rings is 2. The zero-order chi connectivity index (χ0) is 14.5. The molecule has 0 saturated carbocycles. The van der Waals surface area contributed by atoms with Gasteiger partial charge in [0.15, 0.2) is 0 Å². The molecule has 0 amide bonds. The van der Waals surface area contributed by atoms with Crippen LogP contribution >= 0.6 is 0 Å². The van der Waals surface area contributed by atoms with Crippen LogP contribution in [0.4, 0.5) is 0 Å². The summed E-state index contributed by atoms with van der Waals surface area (Å²) in [5.74, 6) is 0. The average molecular weight is 268 g/mol. The molecule has 0 aliphatic heterocycles. The van der Waals surface area contributed by atoms with E-state index in [0.29, 0.717) is 0 Å². The van der Waals surface area contributed by atoms with E-state index in [1.54, 1.807) is 13.8 Å². The first kappa shape index (κ1) is 14.5. The second-order valence-electron chi connectivity index (χ2n) is 4.91. The molecule has 0 fully saturated rings. The predicted octanol–water partition coefficient (Wildman–Crippen LogP) is 3.36. The van der Waals surface area contributed by atoms with Gasteiger partial charge in [-0.1, -0.05) is 60.7 Å². The molecule has 2 heteroatoms. The molecule has 20 heavy (non-hydrogen) atoms. The van der Waals surface area contributed by atoms with Crippen molar-refractivity contribution in [3.8, 4) is 0 Å². The van der Waals surface area contributed by atoms with Gasteiger partial charge in [-0.3, -0.25) is 0 Å². The standard InChI is InChI=1S/C18H20O2/c1-13(19)17(15-9-5-3-6-10-15)18(14(2)20)16-11-7-4-8-12-16/h3-14,19-20H,1-2H3/b18-17+. The summed E-state index contributed by atoms with van der Waals surface area (Å²) >= 11 is 0. The van der Waals surface area contributed by atoms with E-state index in [1.165, 1.54) is 0 Å². The minimum absolute atomic E-state index is 0.651. The molecule has 0 aliphatic rings. The van der Waals surface area contributed by atoms with Crippen LogP contribution < -0.4 is 0 Å². The van der Waals surface area contributed by atoms with Gasteiger partial charge in [-0.15, -0.1) is 0 Å². The van der Waals surface area contributed by atoms with Crippen LogP contribution in [0, 0.1) is 0 Å². The molecule has 0 saturated heterocycles. The van der Waals surface area contributed by atoms with Gasteiger partial charge < -0.3 is 10.2 Å². The van der Waals surface area contributed by atoms with Gasteiger partial charge in [-0.25, -0.2) is 0 Å². The normalized spacial score (nSPS) is 15.4. The summed E-state index contributed by atoms with van der Waals surface area (Å²) in [4.78, 5) is 0. The maximum Gasteiger partial charge on any atom is 0.0771 e. The van der Waals surface area contributed by atoms with Gasteiger partial charge in [0, 0.05) is 0 Å². The van der Waals surface area contributed by atoms with Gasteiger partial charge in [0.1, 0.15) is 0 Å². The topological polar surface area (TPSA) is 40.5 Å². The number of hydrogen-bond donors (Lipinski definition) is 2. The SMILES string of the molecule is CC(O)/C(=C(\c1ccccc1)C(C)O)c1ccccc1. The molecule has 2 aromatic rings. The van der Waals surface area contributed by atoms with Crippen molar-refractivity contribution in [3.05, 3.63) is 71.8 Å². The van der Waals surface area contributed by atoms with Crippen molar-refractivity contribution in [3.63, 3.8) is 0 Å². The van der Waals surface area contributed by atoms with Crippen LogP contribution in [-0.2, 0) is 0 Å². The van der Waals surface area contributed by atoms with E-state index in [0.717, 1.165) is 22.3 Å². The summed E-state index contributed by atoms with van der Waals surface area (Å²) in [6, 6.07) is 19.4. The highest BCUT2D eigenvalue weighted by molar-refractivity contribution is 5.93. The number of hydrogen-bond acceptors (Lipinski definition) is 2. The fourth-order valence-corrected chi connectivity index (χ4v) is 2.48. The maximum atomic E-state index is 10.2. The fourth-order valence-electron chi connectivity index (χ4n) is 2.48. The Morgan fingerprint density at radius 1 is 0.650 bits per heavy atom. The Labute approximate surface area is 120 Å². The van der Waals surface area contributed by atoms with Crippen molar-refractivity contribution in [2.45, 2.75) is 26.1 Å². The van der Waals surface area contributed by atoms with Gasteiger partial charge in [-0.2, -0.15) is 0 Å². The van der Waals surface area contributed by atoms with E-state index in [9.17, 15) is 10.2 Å². The van der Waals surface area contributed by atoms with Crippen LogP contribution in [0.25, 0.3) is 11.1 Å². The zero-order valence-corrected chi connectivity index (χ0v) is 11.8. The maximum absolute atomic E-state index is 10.2. The van der Waals surface area contributed by atoms with Crippen molar-refractivity contribution >= 4 is 11.1 Å². The summed E-state index contributed by atoms with van der Waals surface area (Å²) in [5.41, 5.74) is 3.41. The molecule has 2 unspecified atom stereocenters. The third-order valence-corrected chi connectivity index (χ3v) is 3.30. The molecule has 0 spiro atoms. The van der Waals surface area contributed by atoms with E-state index in [2.05, 4.69) is 0 Å². The highest BCUT2D eigenvalue weighted by Gasteiger charge is 2.19. The second kappa shape index (κ2) is 6.51. The Bertz CT molecular complexity index is 515. The number of rotatable bonds is 4. The predicted molar refractivity (Wildman–Crippen MR) is 83.1 cm³/mol. The molecule has 0 aliphatic carbocycles. The first-order valence-electron chi connectivity index (χ1n) is 6.82. The molecule has 2 atom stereocenters. The molecule has 2 N–H and O–H groups in total. The van der Waals surface area contributed by atoms with E-state index in [1.807, 2.05) is 60.7 Å². The quantitative estimate of drug-likeness (QED) is 0.835. The lowest BCUT2D eigenvalue weighted by Crippen LogP contribution is -2.13. The third-order valence-electron chi connectivity index (χ3n) is 3.30. The zero-order valence-electron chi connectivity index (χ0n) is 11.8. The van der Waals surface area contributed by atoms with Crippen molar-refractivity contribution in [2.75, 3.05) is 0 Å². The molecule has 2 aromatic carbocycles. The minimum atomic E-state index is -0.651. The molecule has 2 nitrogen and oxygen atoms in total. The van der Waals surface area contributed by atoms with Crippen molar-refractivity contribution in [1.82, 2.24) is 0 Å². The minimum Gasteiger partial charge on any atom is -0.389 e. The molecule has 104 valence electrons. The monoisotopic (exact) mass is 268 g/mol. The largest absolute Gasteiger partial charge is 0.389 e. The summed E-state index contributed by atoms with van der Waals surface area (Å²) in [6.45, 7) is 3.46. The van der Waals surface area contributed by atoms with Gasteiger partial charge in [0.25, 0.3) is 0 Å². The highest BCUT2D eigenvalue weighted by Crippen LogP contribution is 2.31. The summed E-state index contributed by atoms with van der Waals surface area (Å²) in [6.07, 6.45) is -1.30. The second-order valence-corrected chi connectivity index (χ2v) is 4.91. The molecule has 0 radical (unpaired) electrons. The molecule has 2 rings (SSSR count). The van der Waals surface area contributed by atoms with E-state index < -0.39 is 12.2 Å². The summed E-state index contributed by atoms with van der Waals surface area (Å²) in [5, 5.41) is 20.4. The lowest BCUT2D eigenvalue weighted by atomic mass is 9.89. The summed E-state index contributed by atoms with van der Waals surface area (Å²) < 4.78 is 0. The van der Waals surface area contributed by atoms with Crippen molar-refractivity contribution < 1.29 is 10.2 Å². The van der Waals surface area contributed by atoms with Gasteiger partial charge in [-0.05, 0) is 36.1 Å². The van der Waals surface area contributed by atoms with Crippen molar-refractivity contribution in [1.29, 1.82) is 0 Å². The van der Waals surface area contributed by atoms with Crippen LogP contribution in [0.1, 0.15) is 25.0 Å². The molecule has 0 bridgehead atoms. The van der Waals surface area contributed by atoms with Crippen molar-refractivity contribution in [2.24, 2.45) is 0 Å². The van der Waals surface area contributed by atoms with Gasteiger partial charge in [0.2, 0.25) is 0 Å². The molecular formula is C18H20O2. The molecular weight excluding hydrogens is 248 g/mol. The van der Waals surface area contributed by atoms with Gasteiger partial charge >= 0.3 is 0 Å². The average Bonchev–Trinajstić information content (AvgIpc) is 2.45. The highest BCUT2D eigenvalue weighted by atomic mass is 16.3. The van der Waals surface area contributed by atoms with Gasteiger partial charge in [0.05, 0.1) is 12.2 Å². The summed E-state index contributed by atoms with van der Waals surface area (Å²) in [7, 11) is 0. The Kier molecular flexibility index (Phi) is 4.72. The number of aliphatic hydroxyl groups excluding tert-OH is 2. The van der Waals surface area contributed by atoms with Crippen LogP contribution in [0.3, 0.4) is 0 Å². The van der Waals surface area contributed by atoms with Crippen LogP contribution in [0.15, 0.2) is 60.7 Å². The van der Waals surface area contributed by atoms with Crippen LogP contribution in [-0.4, -0.2) is 22.4 Å². The van der Waals surface area contributed by atoms with Crippen LogP contribution in [0.2, 0.25) is 0 Å². The Morgan fingerprint density at radius 2 is 0.950 bits per heavy atom. The fraction of sp³-hybridized carbons (Fsp3) is 0.222. The van der Waals surface area contributed by atoms with E-state index in [4.69, 9.17) is 0 Å². The lowest BCUT2D eigenvalue weighted by Gasteiger charge is -2.21. The van der Waals surface area contributed by atoms with E-state index in [-0.39, 0.29) is 0 Å². The first-order chi connectivity index (χ1) is 9.61. The number of aliphatic hydroxyl groups is 2.